The van der Waals surface area contributed by atoms with Crippen LogP contribution in [0.1, 0.15) is 19.3 Å². The second-order valence-corrected chi connectivity index (χ2v) is 4.62. The molecule has 1 N–H and O–H groups in total. The molecule has 1 atom stereocenters. The van der Waals surface area contributed by atoms with Crippen LogP contribution >= 0.6 is 0 Å². The summed E-state index contributed by atoms with van der Waals surface area (Å²) in [6, 6.07) is 0. The van der Waals surface area contributed by atoms with Crippen LogP contribution in [0.4, 0.5) is 0 Å². The predicted molar refractivity (Wildman–Crippen MR) is 55.9 cm³/mol. The molecule has 2 aliphatic rings. The Balaban J connectivity index is 1.74. The van der Waals surface area contributed by atoms with Crippen LogP contribution < -0.4 is 0 Å². The maximum atomic E-state index is 11.9. The summed E-state index contributed by atoms with van der Waals surface area (Å²) in [5.74, 6) is -0.495. The maximum absolute atomic E-state index is 11.9. The first kappa shape index (κ1) is 11.4. The van der Waals surface area contributed by atoms with E-state index in [0.717, 1.165) is 19.4 Å². The molecule has 0 aromatic rings. The van der Waals surface area contributed by atoms with Gasteiger partial charge in [-0.05, 0) is 12.8 Å². The SMILES string of the molecule is O=C(O)CC1CN(C(=O)C2CCCOC2)C1. The van der Waals surface area contributed by atoms with E-state index in [1.165, 1.54) is 0 Å². The van der Waals surface area contributed by atoms with Crippen molar-refractivity contribution in [2.45, 2.75) is 19.3 Å². The van der Waals surface area contributed by atoms with Gasteiger partial charge in [-0.1, -0.05) is 0 Å². The third-order valence-corrected chi connectivity index (χ3v) is 3.24. The summed E-state index contributed by atoms with van der Waals surface area (Å²) >= 11 is 0. The van der Waals surface area contributed by atoms with Crippen molar-refractivity contribution in [3.63, 3.8) is 0 Å². The van der Waals surface area contributed by atoms with E-state index in [2.05, 4.69) is 0 Å². The molecule has 0 saturated carbocycles. The summed E-state index contributed by atoms with van der Waals surface area (Å²) < 4.78 is 5.27. The first-order chi connectivity index (χ1) is 7.66. The minimum Gasteiger partial charge on any atom is -0.481 e. The Kier molecular flexibility index (Phi) is 3.43. The zero-order valence-corrected chi connectivity index (χ0v) is 9.22. The van der Waals surface area contributed by atoms with Gasteiger partial charge in [-0.25, -0.2) is 0 Å². The second kappa shape index (κ2) is 4.82. The number of carboxylic acids is 1. The number of aliphatic carboxylic acids is 1. The highest BCUT2D eigenvalue weighted by atomic mass is 16.5. The van der Waals surface area contributed by atoms with Crippen LogP contribution in [0.15, 0.2) is 0 Å². The van der Waals surface area contributed by atoms with Crippen LogP contribution in [0.5, 0.6) is 0 Å². The lowest BCUT2D eigenvalue weighted by Crippen LogP contribution is -2.53. The van der Waals surface area contributed by atoms with Crippen molar-refractivity contribution >= 4 is 11.9 Å². The molecular weight excluding hydrogens is 210 g/mol. The van der Waals surface area contributed by atoms with E-state index < -0.39 is 5.97 Å². The highest BCUT2D eigenvalue weighted by Crippen LogP contribution is 2.24. The van der Waals surface area contributed by atoms with E-state index in [0.29, 0.717) is 19.7 Å². The molecule has 1 unspecified atom stereocenters. The number of hydrogen-bond acceptors (Lipinski definition) is 3. The standard InChI is InChI=1S/C11H17NO4/c13-10(14)4-8-5-12(6-8)11(15)9-2-1-3-16-7-9/h8-9H,1-7H2,(H,13,14). The van der Waals surface area contributed by atoms with Gasteiger partial charge < -0.3 is 14.7 Å². The molecule has 2 saturated heterocycles. The first-order valence-electron chi connectivity index (χ1n) is 5.75. The van der Waals surface area contributed by atoms with Gasteiger partial charge >= 0.3 is 5.97 Å². The van der Waals surface area contributed by atoms with E-state index in [1.807, 2.05) is 0 Å². The number of nitrogens with zero attached hydrogens (tertiary/aromatic N) is 1. The fourth-order valence-corrected chi connectivity index (χ4v) is 2.32. The second-order valence-electron chi connectivity index (χ2n) is 4.62. The van der Waals surface area contributed by atoms with Crippen LogP contribution in [0, 0.1) is 11.8 Å². The number of likely N-dealkylation sites (tertiary alicyclic amines) is 1. The molecule has 16 heavy (non-hydrogen) atoms. The zero-order chi connectivity index (χ0) is 11.5. The van der Waals surface area contributed by atoms with Crippen molar-refractivity contribution < 1.29 is 19.4 Å². The highest BCUT2D eigenvalue weighted by Gasteiger charge is 2.35. The van der Waals surface area contributed by atoms with E-state index in [1.54, 1.807) is 4.90 Å². The lowest BCUT2D eigenvalue weighted by molar-refractivity contribution is -0.150. The summed E-state index contributed by atoms with van der Waals surface area (Å²) in [6.45, 7) is 2.48. The van der Waals surface area contributed by atoms with Crippen LogP contribution in [0.3, 0.4) is 0 Å². The molecule has 2 fully saturated rings. The number of ether oxygens (including phenoxy) is 1. The number of rotatable bonds is 3. The molecule has 2 heterocycles. The van der Waals surface area contributed by atoms with Crippen LogP contribution in [-0.4, -0.2) is 48.2 Å². The molecular formula is C11H17NO4. The van der Waals surface area contributed by atoms with Crippen molar-refractivity contribution in [1.82, 2.24) is 4.90 Å². The summed E-state index contributed by atoms with van der Waals surface area (Å²) in [4.78, 5) is 24.1. The van der Waals surface area contributed by atoms with Crippen molar-refractivity contribution in [2.24, 2.45) is 11.8 Å². The number of carbonyl (C=O) groups excluding carboxylic acids is 1. The molecule has 0 aromatic heterocycles. The first-order valence-corrected chi connectivity index (χ1v) is 5.75. The topological polar surface area (TPSA) is 66.8 Å². The quantitative estimate of drug-likeness (QED) is 0.755. The highest BCUT2D eigenvalue weighted by molar-refractivity contribution is 5.80. The van der Waals surface area contributed by atoms with Crippen molar-refractivity contribution in [1.29, 1.82) is 0 Å². The number of carbonyl (C=O) groups is 2. The molecule has 0 aromatic carbocycles. The van der Waals surface area contributed by atoms with Crippen LogP contribution in [0.2, 0.25) is 0 Å². The van der Waals surface area contributed by atoms with Gasteiger partial charge in [-0.3, -0.25) is 9.59 Å². The van der Waals surface area contributed by atoms with E-state index >= 15 is 0 Å². The third-order valence-electron chi connectivity index (χ3n) is 3.24. The molecule has 0 radical (unpaired) electrons. The molecule has 0 aliphatic carbocycles. The van der Waals surface area contributed by atoms with Crippen LogP contribution in [-0.2, 0) is 14.3 Å². The summed E-state index contributed by atoms with van der Waals surface area (Å²) in [5.41, 5.74) is 0. The molecule has 5 nitrogen and oxygen atoms in total. The van der Waals surface area contributed by atoms with Crippen molar-refractivity contribution in [3.05, 3.63) is 0 Å². The fourth-order valence-electron chi connectivity index (χ4n) is 2.32. The maximum Gasteiger partial charge on any atom is 0.303 e. The monoisotopic (exact) mass is 227 g/mol. The molecule has 1 amide bonds. The average Bonchev–Trinajstić information content (AvgIpc) is 2.23. The minimum atomic E-state index is -0.780. The molecule has 2 rings (SSSR count). The average molecular weight is 227 g/mol. The molecule has 2 aliphatic heterocycles. The third kappa shape index (κ3) is 2.52. The van der Waals surface area contributed by atoms with E-state index in [9.17, 15) is 9.59 Å². The Hall–Kier alpha value is -1.10. The fraction of sp³-hybridized carbons (Fsp3) is 0.818. The predicted octanol–water partition coefficient (Wildman–Crippen LogP) is 0.346. The number of hydrogen-bond donors (Lipinski definition) is 1. The molecule has 0 bridgehead atoms. The van der Waals surface area contributed by atoms with Gasteiger partial charge in [0.25, 0.3) is 0 Å². The lowest BCUT2D eigenvalue weighted by Gasteiger charge is -2.41. The molecule has 5 heteroatoms. The Morgan fingerprint density at radius 2 is 2.12 bits per heavy atom. The molecule has 0 spiro atoms. The van der Waals surface area contributed by atoms with Crippen molar-refractivity contribution in [2.75, 3.05) is 26.3 Å². The Morgan fingerprint density at radius 1 is 1.38 bits per heavy atom. The Bertz CT molecular complexity index is 280. The molecule has 90 valence electrons. The van der Waals surface area contributed by atoms with Gasteiger partial charge in [0, 0.05) is 25.6 Å². The lowest BCUT2D eigenvalue weighted by atomic mass is 9.92. The summed E-state index contributed by atoms with van der Waals surface area (Å²) in [7, 11) is 0. The number of carboxylic acid groups (broad SMARTS) is 1. The van der Waals surface area contributed by atoms with Gasteiger partial charge in [0.2, 0.25) is 5.91 Å². The van der Waals surface area contributed by atoms with Crippen molar-refractivity contribution in [3.8, 4) is 0 Å². The Morgan fingerprint density at radius 3 is 2.69 bits per heavy atom. The normalized spacial score (nSPS) is 26.2. The van der Waals surface area contributed by atoms with Crippen LogP contribution in [0.25, 0.3) is 0 Å². The number of amides is 1. The summed E-state index contributed by atoms with van der Waals surface area (Å²) in [5, 5.41) is 8.60. The minimum absolute atomic E-state index is 0.000437. The smallest absolute Gasteiger partial charge is 0.303 e. The van der Waals surface area contributed by atoms with E-state index in [4.69, 9.17) is 9.84 Å². The van der Waals surface area contributed by atoms with Gasteiger partial charge in [-0.15, -0.1) is 0 Å². The Labute approximate surface area is 94.4 Å². The largest absolute Gasteiger partial charge is 0.481 e. The summed E-state index contributed by atoms with van der Waals surface area (Å²) in [6.07, 6.45) is 2.02. The van der Waals surface area contributed by atoms with E-state index in [-0.39, 0.29) is 24.2 Å². The van der Waals surface area contributed by atoms with Gasteiger partial charge in [0.05, 0.1) is 18.9 Å². The van der Waals surface area contributed by atoms with Gasteiger partial charge in [0.1, 0.15) is 0 Å². The van der Waals surface area contributed by atoms with Gasteiger partial charge in [0.15, 0.2) is 0 Å². The van der Waals surface area contributed by atoms with Gasteiger partial charge in [-0.2, -0.15) is 0 Å². The zero-order valence-electron chi connectivity index (χ0n) is 9.22.